The standard InChI is InChI=1S/C20H22N4O4/c25-16-5-4-15(18(26)23-16)24-19(27)14-3-1-2-13(17(14)20(24)28)11-22-10-12-6-8-21-9-7-12/h1-3,6,15,21-22H,4-5,7-11H2,(H,23,25,26). The van der Waals surface area contributed by atoms with Gasteiger partial charge in [-0.2, -0.15) is 0 Å². The summed E-state index contributed by atoms with van der Waals surface area (Å²) in [6, 6.07) is 4.24. The number of carbonyl (C=O) groups excluding carboxylic acids is 4. The summed E-state index contributed by atoms with van der Waals surface area (Å²) in [6.45, 7) is 3.01. The number of nitrogens with one attached hydrogen (secondary N) is 3. The highest BCUT2D eigenvalue weighted by molar-refractivity contribution is 6.24. The number of benzene rings is 1. The van der Waals surface area contributed by atoms with Crippen molar-refractivity contribution in [2.75, 3.05) is 19.6 Å². The van der Waals surface area contributed by atoms with Crippen LogP contribution in [-0.2, 0) is 16.1 Å². The van der Waals surface area contributed by atoms with Crippen LogP contribution in [0.1, 0.15) is 45.5 Å². The molecule has 0 spiro atoms. The zero-order valence-corrected chi connectivity index (χ0v) is 15.4. The Labute approximate surface area is 162 Å². The topological polar surface area (TPSA) is 108 Å². The summed E-state index contributed by atoms with van der Waals surface area (Å²) in [6.07, 6.45) is 3.42. The van der Waals surface area contributed by atoms with Gasteiger partial charge < -0.3 is 10.6 Å². The number of carbonyl (C=O) groups is 4. The molecule has 1 fully saturated rings. The first-order valence-corrected chi connectivity index (χ1v) is 9.49. The zero-order chi connectivity index (χ0) is 19.7. The van der Waals surface area contributed by atoms with Gasteiger partial charge in [-0.3, -0.25) is 29.4 Å². The van der Waals surface area contributed by atoms with Crippen LogP contribution in [0.5, 0.6) is 0 Å². The van der Waals surface area contributed by atoms with Crippen molar-refractivity contribution in [2.45, 2.75) is 31.8 Å². The number of hydrogen-bond donors (Lipinski definition) is 3. The number of imide groups is 2. The minimum atomic E-state index is -0.939. The van der Waals surface area contributed by atoms with Crippen LogP contribution in [0.4, 0.5) is 0 Å². The summed E-state index contributed by atoms with van der Waals surface area (Å²) in [4.78, 5) is 50.4. The van der Waals surface area contributed by atoms with Crippen molar-refractivity contribution < 1.29 is 19.2 Å². The van der Waals surface area contributed by atoms with E-state index in [0.29, 0.717) is 17.7 Å². The van der Waals surface area contributed by atoms with Gasteiger partial charge in [0.15, 0.2) is 0 Å². The van der Waals surface area contributed by atoms with E-state index in [2.05, 4.69) is 22.0 Å². The molecule has 8 heteroatoms. The Morgan fingerprint density at radius 2 is 1.93 bits per heavy atom. The Bertz CT molecular complexity index is 892. The molecule has 4 amide bonds. The number of nitrogens with zero attached hydrogens (tertiary/aromatic N) is 1. The summed E-state index contributed by atoms with van der Waals surface area (Å²) in [5.41, 5.74) is 2.72. The Morgan fingerprint density at radius 3 is 2.68 bits per heavy atom. The largest absolute Gasteiger partial charge is 0.313 e. The van der Waals surface area contributed by atoms with Crippen LogP contribution >= 0.6 is 0 Å². The van der Waals surface area contributed by atoms with Crippen LogP contribution in [0.2, 0.25) is 0 Å². The fourth-order valence-corrected chi connectivity index (χ4v) is 3.92. The fraction of sp³-hybridized carbons (Fsp3) is 0.400. The van der Waals surface area contributed by atoms with Crippen molar-refractivity contribution in [3.63, 3.8) is 0 Å². The molecule has 4 rings (SSSR count). The maximum atomic E-state index is 13.0. The minimum Gasteiger partial charge on any atom is -0.313 e. The molecular formula is C20H22N4O4. The summed E-state index contributed by atoms with van der Waals surface area (Å²) in [7, 11) is 0. The van der Waals surface area contributed by atoms with Gasteiger partial charge in [-0.1, -0.05) is 23.8 Å². The average Bonchev–Trinajstić information content (AvgIpc) is 2.94. The number of rotatable bonds is 5. The van der Waals surface area contributed by atoms with Gasteiger partial charge in [0.2, 0.25) is 11.8 Å². The van der Waals surface area contributed by atoms with Crippen molar-refractivity contribution in [1.82, 2.24) is 20.9 Å². The highest BCUT2D eigenvalue weighted by Crippen LogP contribution is 2.29. The molecule has 1 unspecified atom stereocenters. The molecule has 1 aromatic carbocycles. The highest BCUT2D eigenvalue weighted by atomic mass is 16.2. The second-order valence-electron chi connectivity index (χ2n) is 7.21. The Morgan fingerprint density at radius 1 is 1.07 bits per heavy atom. The summed E-state index contributed by atoms with van der Waals surface area (Å²) < 4.78 is 0. The Hall–Kier alpha value is -2.84. The molecule has 0 aliphatic carbocycles. The molecule has 0 aromatic heterocycles. The summed E-state index contributed by atoms with van der Waals surface area (Å²) in [5.74, 6) is -1.91. The van der Waals surface area contributed by atoms with Crippen LogP contribution in [0.3, 0.4) is 0 Å². The van der Waals surface area contributed by atoms with E-state index >= 15 is 0 Å². The second-order valence-corrected chi connectivity index (χ2v) is 7.21. The zero-order valence-electron chi connectivity index (χ0n) is 15.4. The summed E-state index contributed by atoms with van der Waals surface area (Å²) >= 11 is 0. The Balaban J connectivity index is 1.51. The lowest BCUT2D eigenvalue weighted by Gasteiger charge is -2.27. The van der Waals surface area contributed by atoms with Gasteiger partial charge in [0.1, 0.15) is 6.04 Å². The van der Waals surface area contributed by atoms with E-state index < -0.39 is 23.8 Å². The maximum Gasteiger partial charge on any atom is 0.262 e. The lowest BCUT2D eigenvalue weighted by molar-refractivity contribution is -0.136. The molecule has 3 heterocycles. The third-order valence-corrected chi connectivity index (χ3v) is 5.38. The molecule has 0 bridgehead atoms. The van der Waals surface area contributed by atoms with Crippen molar-refractivity contribution in [1.29, 1.82) is 0 Å². The number of piperidine rings is 1. The van der Waals surface area contributed by atoms with Crippen molar-refractivity contribution in [3.05, 3.63) is 46.5 Å². The normalized spacial score (nSPS) is 22.2. The average molecular weight is 382 g/mol. The van der Waals surface area contributed by atoms with Gasteiger partial charge in [0.05, 0.1) is 11.1 Å². The van der Waals surface area contributed by atoms with Gasteiger partial charge in [0.25, 0.3) is 11.8 Å². The van der Waals surface area contributed by atoms with E-state index in [1.165, 1.54) is 5.57 Å². The smallest absolute Gasteiger partial charge is 0.262 e. The van der Waals surface area contributed by atoms with Gasteiger partial charge >= 0.3 is 0 Å². The first kappa shape index (κ1) is 18.5. The second kappa shape index (κ2) is 7.65. The molecule has 3 aliphatic rings. The molecule has 0 saturated carbocycles. The molecule has 28 heavy (non-hydrogen) atoms. The van der Waals surface area contributed by atoms with Crippen molar-refractivity contribution in [2.24, 2.45) is 0 Å². The van der Waals surface area contributed by atoms with Crippen LogP contribution in [-0.4, -0.2) is 54.2 Å². The summed E-state index contributed by atoms with van der Waals surface area (Å²) in [5, 5.41) is 8.82. The fourth-order valence-electron chi connectivity index (χ4n) is 3.92. The number of hydrogen-bond acceptors (Lipinski definition) is 6. The predicted molar refractivity (Wildman–Crippen MR) is 100 cm³/mol. The SMILES string of the molecule is O=C1CCC(N2C(=O)c3cccc(CNCC4=CCNCC4)c3C2=O)C(=O)N1. The molecule has 3 N–H and O–H groups in total. The molecule has 3 aliphatic heterocycles. The molecule has 1 saturated heterocycles. The van der Waals surface area contributed by atoms with Gasteiger partial charge in [0, 0.05) is 26.1 Å². The van der Waals surface area contributed by atoms with E-state index in [1.54, 1.807) is 12.1 Å². The van der Waals surface area contributed by atoms with E-state index in [-0.39, 0.29) is 18.7 Å². The molecule has 8 nitrogen and oxygen atoms in total. The van der Waals surface area contributed by atoms with Gasteiger partial charge in [-0.05, 0) is 31.0 Å². The predicted octanol–water partition coefficient (Wildman–Crippen LogP) is 0.0971. The monoisotopic (exact) mass is 382 g/mol. The van der Waals surface area contributed by atoms with Crippen LogP contribution in [0.15, 0.2) is 29.8 Å². The van der Waals surface area contributed by atoms with Crippen LogP contribution in [0.25, 0.3) is 0 Å². The number of fused-ring (bicyclic) bond motifs is 1. The highest BCUT2D eigenvalue weighted by Gasteiger charge is 2.45. The molecule has 0 radical (unpaired) electrons. The first-order chi connectivity index (χ1) is 13.6. The van der Waals surface area contributed by atoms with Crippen LogP contribution in [0, 0.1) is 0 Å². The van der Waals surface area contributed by atoms with Gasteiger partial charge in [-0.25, -0.2) is 0 Å². The van der Waals surface area contributed by atoms with E-state index in [9.17, 15) is 19.2 Å². The van der Waals surface area contributed by atoms with E-state index in [1.807, 2.05) is 6.07 Å². The van der Waals surface area contributed by atoms with E-state index in [0.717, 1.165) is 36.5 Å². The number of amides is 4. The third kappa shape index (κ3) is 3.36. The van der Waals surface area contributed by atoms with Crippen molar-refractivity contribution >= 4 is 23.6 Å². The van der Waals surface area contributed by atoms with Gasteiger partial charge in [-0.15, -0.1) is 0 Å². The van der Waals surface area contributed by atoms with E-state index in [4.69, 9.17) is 0 Å². The van der Waals surface area contributed by atoms with Crippen molar-refractivity contribution in [3.8, 4) is 0 Å². The molecule has 1 atom stereocenters. The van der Waals surface area contributed by atoms with Crippen LogP contribution < -0.4 is 16.0 Å². The lowest BCUT2D eigenvalue weighted by Crippen LogP contribution is -2.54. The molecule has 146 valence electrons. The molecular weight excluding hydrogens is 360 g/mol. The quantitative estimate of drug-likeness (QED) is 0.492. The Kier molecular flexibility index (Phi) is 5.06. The first-order valence-electron chi connectivity index (χ1n) is 9.49. The molecule has 1 aromatic rings. The maximum absolute atomic E-state index is 13.0. The lowest BCUT2D eigenvalue weighted by atomic mass is 10.0. The minimum absolute atomic E-state index is 0.113. The third-order valence-electron chi connectivity index (χ3n) is 5.38.